The van der Waals surface area contributed by atoms with Crippen LogP contribution in [0.5, 0.6) is 0 Å². The van der Waals surface area contributed by atoms with Crippen LogP contribution in [0.25, 0.3) is 21.3 Å². The molecule has 0 aliphatic carbocycles. The molecule has 102 valence electrons. The van der Waals surface area contributed by atoms with Crippen LogP contribution >= 0.6 is 43.2 Å². The van der Waals surface area contributed by atoms with Crippen molar-refractivity contribution in [1.82, 2.24) is 10.2 Å². The van der Waals surface area contributed by atoms with Gasteiger partial charge < -0.3 is 0 Å². The summed E-state index contributed by atoms with van der Waals surface area (Å²) in [6, 6.07) is 1.87. The minimum absolute atomic E-state index is 0.0605. The molecule has 0 bridgehead atoms. The first-order valence-corrected chi connectivity index (χ1v) is 7.76. The summed E-state index contributed by atoms with van der Waals surface area (Å²) in [4.78, 5) is 12.4. The Morgan fingerprint density at radius 3 is 2.40 bits per heavy atom. The molecule has 2 heterocycles. The summed E-state index contributed by atoms with van der Waals surface area (Å²) in [5.41, 5.74) is -0.171. The SMILES string of the molecule is O=c1[nH]nc(-c2scc(Br)c2Br)c2cc(F)c(F)cc12. The van der Waals surface area contributed by atoms with E-state index in [9.17, 15) is 13.6 Å². The summed E-state index contributed by atoms with van der Waals surface area (Å²) in [5.74, 6) is -2.08. The quantitative estimate of drug-likeness (QED) is 0.630. The van der Waals surface area contributed by atoms with Gasteiger partial charge in [-0.05, 0) is 44.0 Å². The molecule has 0 unspecified atom stereocenters. The number of thiophene rings is 1. The van der Waals surface area contributed by atoms with Gasteiger partial charge in [0.15, 0.2) is 11.6 Å². The van der Waals surface area contributed by atoms with Crippen LogP contribution in [0.1, 0.15) is 0 Å². The number of aromatic nitrogens is 2. The first-order chi connectivity index (χ1) is 9.49. The minimum atomic E-state index is -1.06. The molecule has 0 atom stereocenters. The van der Waals surface area contributed by atoms with Crippen LogP contribution in [0.3, 0.4) is 0 Å². The third-order valence-corrected chi connectivity index (χ3v) is 6.27. The van der Waals surface area contributed by atoms with Gasteiger partial charge >= 0.3 is 0 Å². The Hall–Kier alpha value is -1.12. The highest BCUT2D eigenvalue weighted by molar-refractivity contribution is 9.13. The van der Waals surface area contributed by atoms with Crippen molar-refractivity contribution in [1.29, 1.82) is 0 Å². The Labute approximate surface area is 131 Å². The van der Waals surface area contributed by atoms with Crippen molar-refractivity contribution >= 4 is 54.0 Å². The average molecular weight is 422 g/mol. The topological polar surface area (TPSA) is 45.8 Å². The van der Waals surface area contributed by atoms with Crippen molar-refractivity contribution in [3.05, 3.63) is 48.4 Å². The number of fused-ring (bicyclic) bond motifs is 1. The normalized spacial score (nSPS) is 11.2. The maximum atomic E-state index is 13.4. The molecule has 20 heavy (non-hydrogen) atoms. The summed E-state index contributed by atoms with van der Waals surface area (Å²) in [7, 11) is 0. The zero-order valence-corrected chi connectivity index (χ0v) is 13.5. The highest BCUT2D eigenvalue weighted by Gasteiger charge is 2.17. The predicted molar refractivity (Wildman–Crippen MR) is 81.0 cm³/mol. The van der Waals surface area contributed by atoms with Crippen LogP contribution in [-0.4, -0.2) is 10.2 Å². The zero-order chi connectivity index (χ0) is 14.4. The second-order valence-corrected chi connectivity index (χ2v) is 6.47. The highest BCUT2D eigenvalue weighted by atomic mass is 79.9. The molecule has 0 aliphatic rings. The van der Waals surface area contributed by atoms with E-state index in [1.54, 1.807) is 0 Å². The van der Waals surface area contributed by atoms with Crippen molar-refractivity contribution < 1.29 is 8.78 Å². The Kier molecular flexibility index (Phi) is 3.47. The summed E-state index contributed by atoms with van der Waals surface area (Å²) < 4.78 is 28.3. The number of aromatic amines is 1. The predicted octanol–water partition coefficient (Wildman–Crippen LogP) is 4.45. The molecule has 0 spiro atoms. The van der Waals surface area contributed by atoms with Gasteiger partial charge in [-0.2, -0.15) is 5.10 Å². The fourth-order valence-corrected chi connectivity index (χ4v) is 3.98. The third kappa shape index (κ3) is 2.11. The molecule has 1 N–H and O–H groups in total. The molecule has 0 amide bonds. The summed E-state index contributed by atoms with van der Waals surface area (Å²) in [6.45, 7) is 0. The van der Waals surface area contributed by atoms with Gasteiger partial charge in [-0.25, -0.2) is 13.9 Å². The molecule has 3 rings (SSSR count). The molecular weight excluding hydrogens is 418 g/mol. The molecule has 8 heteroatoms. The number of nitrogens with zero attached hydrogens (tertiary/aromatic N) is 1. The van der Waals surface area contributed by atoms with Crippen LogP contribution in [0.4, 0.5) is 8.78 Å². The molecule has 0 radical (unpaired) electrons. The lowest BCUT2D eigenvalue weighted by Crippen LogP contribution is -2.10. The van der Waals surface area contributed by atoms with Gasteiger partial charge in [-0.15, -0.1) is 11.3 Å². The van der Waals surface area contributed by atoms with Crippen molar-refractivity contribution in [2.45, 2.75) is 0 Å². The van der Waals surface area contributed by atoms with Crippen molar-refractivity contribution in [3.63, 3.8) is 0 Å². The van der Waals surface area contributed by atoms with Crippen molar-refractivity contribution in [2.75, 3.05) is 0 Å². The van der Waals surface area contributed by atoms with E-state index < -0.39 is 17.2 Å². The molecule has 2 aromatic heterocycles. The van der Waals surface area contributed by atoms with E-state index in [1.165, 1.54) is 11.3 Å². The first kappa shape index (κ1) is 13.8. The van der Waals surface area contributed by atoms with E-state index in [4.69, 9.17) is 0 Å². The van der Waals surface area contributed by atoms with E-state index in [2.05, 4.69) is 42.1 Å². The Morgan fingerprint density at radius 2 is 1.80 bits per heavy atom. The van der Waals surface area contributed by atoms with E-state index in [1.807, 2.05) is 5.38 Å². The highest BCUT2D eigenvalue weighted by Crippen LogP contribution is 2.40. The van der Waals surface area contributed by atoms with Crippen LogP contribution in [0.2, 0.25) is 0 Å². The van der Waals surface area contributed by atoms with Crippen LogP contribution < -0.4 is 5.56 Å². The third-order valence-electron chi connectivity index (χ3n) is 2.73. The van der Waals surface area contributed by atoms with Gasteiger partial charge in [0.2, 0.25) is 0 Å². The van der Waals surface area contributed by atoms with Crippen molar-refractivity contribution in [3.8, 4) is 10.6 Å². The smallest absolute Gasteiger partial charge is 0.267 e. The van der Waals surface area contributed by atoms with E-state index >= 15 is 0 Å². The molecule has 0 fully saturated rings. The van der Waals surface area contributed by atoms with Gasteiger partial charge in [-0.1, -0.05) is 0 Å². The lowest BCUT2D eigenvalue weighted by Gasteiger charge is -2.04. The molecule has 0 saturated heterocycles. The van der Waals surface area contributed by atoms with Crippen LogP contribution in [-0.2, 0) is 0 Å². The van der Waals surface area contributed by atoms with Gasteiger partial charge in [0, 0.05) is 15.2 Å². The van der Waals surface area contributed by atoms with Gasteiger partial charge in [0.05, 0.1) is 14.7 Å². The minimum Gasteiger partial charge on any atom is -0.267 e. The zero-order valence-electron chi connectivity index (χ0n) is 9.51. The number of rotatable bonds is 1. The summed E-state index contributed by atoms with van der Waals surface area (Å²) >= 11 is 8.10. The molecule has 3 aromatic rings. The summed E-state index contributed by atoms with van der Waals surface area (Å²) in [5, 5.41) is 8.41. The van der Waals surface area contributed by atoms with Gasteiger partial charge in [0.25, 0.3) is 5.56 Å². The monoisotopic (exact) mass is 420 g/mol. The second-order valence-electron chi connectivity index (χ2n) is 3.94. The maximum absolute atomic E-state index is 13.4. The van der Waals surface area contributed by atoms with Crippen LogP contribution in [0, 0.1) is 11.6 Å². The Balaban J connectivity index is 2.43. The van der Waals surface area contributed by atoms with Gasteiger partial charge in [-0.3, -0.25) is 4.79 Å². The fourth-order valence-electron chi connectivity index (χ4n) is 1.81. The number of hydrogen-bond acceptors (Lipinski definition) is 3. The van der Waals surface area contributed by atoms with E-state index in [0.29, 0.717) is 10.6 Å². The maximum Gasteiger partial charge on any atom is 0.272 e. The first-order valence-electron chi connectivity index (χ1n) is 5.29. The molecule has 0 saturated carbocycles. The van der Waals surface area contributed by atoms with Crippen LogP contribution in [0.15, 0.2) is 31.3 Å². The largest absolute Gasteiger partial charge is 0.272 e. The summed E-state index contributed by atoms with van der Waals surface area (Å²) in [6.07, 6.45) is 0. The molecule has 1 aromatic carbocycles. The van der Waals surface area contributed by atoms with Gasteiger partial charge in [0.1, 0.15) is 5.69 Å². The lowest BCUT2D eigenvalue weighted by atomic mass is 10.1. The Morgan fingerprint density at radius 1 is 1.15 bits per heavy atom. The number of nitrogens with one attached hydrogen (secondary N) is 1. The fraction of sp³-hybridized carbons (Fsp3) is 0. The number of H-pyrrole nitrogens is 1. The lowest BCUT2D eigenvalue weighted by molar-refractivity contribution is 0.511. The molecule has 3 nitrogen and oxygen atoms in total. The second kappa shape index (κ2) is 5.01. The number of benzene rings is 1. The number of hydrogen-bond donors (Lipinski definition) is 1. The average Bonchev–Trinajstić information content (AvgIpc) is 2.73. The van der Waals surface area contributed by atoms with E-state index in [0.717, 1.165) is 21.1 Å². The molecular formula is C12H4Br2F2N2OS. The molecule has 0 aliphatic heterocycles. The standard InChI is InChI=1S/C12H4Br2F2N2OS/c13-6-3-20-11(9(6)14)10-4-1-7(15)8(16)2-5(4)12(19)18-17-10/h1-3H,(H,18,19). The van der Waals surface area contributed by atoms with Crippen molar-refractivity contribution in [2.24, 2.45) is 0 Å². The Bertz CT molecular complexity index is 891. The number of halogens is 4. The van der Waals surface area contributed by atoms with E-state index in [-0.39, 0.29) is 10.8 Å².